The van der Waals surface area contributed by atoms with Crippen molar-refractivity contribution in [3.8, 4) is 0 Å². The lowest BCUT2D eigenvalue weighted by molar-refractivity contribution is -0.116. The van der Waals surface area contributed by atoms with Crippen LogP contribution in [0.5, 0.6) is 0 Å². The zero-order valence-corrected chi connectivity index (χ0v) is 20.4. The topological polar surface area (TPSA) is 66.5 Å². The van der Waals surface area contributed by atoms with Crippen LogP contribution >= 0.6 is 15.9 Å². The number of aryl methyl sites for hydroxylation is 1. The van der Waals surface area contributed by atoms with Crippen molar-refractivity contribution in [1.82, 2.24) is 4.31 Å². The number of halogens is 1. The van der Waals surface area contributed by atoms with Gasteiger partial charge in [0.15, 0.2) is 0 Å². The Labute approximate surface area is 194 Å². The number of sulfonamides is 1. The minimum Gasteiger partial charge on any atom is -0.325 e. The first-order valence-corrected chi connectivity index (χ1v) is 13.3. The number of hydrogen-bond acceptors (Lipinski definition) is 3. The first-order chi connectivity index (χ1) is 14.9. The van der Waals surface area contributed by atoms with Crippen molar-refractivity contribution >= 4 is 37.5 Å². The molecular formula is C24H31BrN2O3S. The van der Waals surface area contributed by atoms with Crippen LogP contribution in [0, 0.1) is 0 Å². The van der Waals surface area contributed by atoms with Gasteiger partial charge in [-0.1, -0.05) is 60.7 Å². The van der Waals surface area contributed by atoms with Gasteiger partial charge in [-0.25, -0.2) is 8.42 Å². The number of rotatable bonds is 9. The Bertz CT molecular complexity index is 953. The number of nitrogens with zero attached hydrogens (tertiary/aromatic N) is 1. The van der Waals surface area contributed by atoms with Crippen molar-refractivity contribution in [2.75, 3.05) is 11.9 Å². The standard InChI is InChI=1S/C24H31BrN2O3S/c1-2-3-7-19-10-14-21(15-11-19)26-24(28)18-27(22-8-5-4-6-9-22)31(29,30)23-16-12-20(25)13-17-23/h10-17,22H,2-9,18H2,1H3,(H,26,28). The van der Waals surface area contributed by atoms with Gasteiger partial charge < -0.3 is 5.32 Å². The van der Waals surface area contributed by atoms with E-state index in [1.807, 2.05) is 24.3 Å². The molecule has 0 unspecified atom stereocenters. The van der Waals surface area contributed by atoms with Crippen molar-refractivity contribution < 1.29 is 13.2 Å². The molecule has 0 atom stereocenters. The highest BCUT2D eigenvalue weighted by molar-refractivity contribution is 9.10. The number of carbonyl (C=O) groups is 1. The van der Waals surface area contributed by atoms with Crippen molar-refractivity contribution in [1.29, 1.82) is 0 Å². The summed E-state index contributed by atoms with van der Waals surface area (Å²) in [6.07, 6.45) is 7.95. The number of nitrogens with one attached hydrogen (secondary N) is 1. The molecular weight excluding hydrogens is 476 g/mol. The highest BCUT2D eigenvalue weighted by atomic mass is 79.9. The maximum atomic E-state index is 13.4. The second-order valence-electron chi connectivity index (χ2n) is 8.14. The molecule has 1 saturated carbocycles. The molecule has 1 N–H and O–H groups in total. The van der Waals surface area contributed by atoms with Gasteiger partial charge in [0.1, 0.15) is 0 Å². The van der Waals surface area contributed by atoms with Crippen molar-refractivity contribution in [3.05, 3.63) is 58.6 Å². The molecule has 0 aromatic heterocycles. The van der Waals surface area contributed by atoms with Gasteiger partial charge in [0.2, 0.25) is 15.9 Å². The van der Waals surface area contributed by atoms with Gasteiger partial charge >= 0.3 is 0 Å². The average Bonchev–Trinajstić information content (AvgIpc) is 2.78. The van der Waals surface area contributed by atoms with E-state index in [2.05, 4.69) is 28.2 Å². The SMILES string of the molecule is CCCCc1ccc(NC(=O)CN(C2CCCCC2)S(=O)(=O)c2ccc(Br)cc2)cc1. The number of anilines is 1. The maximum Gasteiger partial charge on any atom is 0.243 e. The van der Waals surface area contributed by atoms with E-state index in [1.54, 1.807) is 24.3 Å². The lowest BCUT2D eigenvalue weighted by Gasteiger charge is -2.33. The molecule has 7 heteroatoms. The summed E-state index contributed by atoms with van der Waals surface area (Å²) in [5, 5.41) is 2.87. The molecule has 0 spiro atoms. The van der Waals surface area contributed by atoms with Gasteiger partial charge in [-0.3, -0.25) is 4.79 Å². The summed E-state index contributed by atoms with van der Waals surface area (Å²) in [7, 11) is -3.77. The fourth-order valence-corrected chi connectivity index (χ4v) is 5.90. The molecule has 0 radical (unpaired) electrons. The molecule has 0 aliphatic heterocycles. The van der Waals surface area contributed by atoms with Crippen LogP contribution in [0.1, 0.15) is 57.4 Å². The van der Waals surface area contributed by atoms with E-state index in [1.165, 1.54) is 9.87 Å². The minimum atomic E-state index is -3.77. The predicted molar refractivity (Wildman–Crippen MR) is 129 cm³/mol. The summed E-state index contributed by atoms with van der Waals surface area (Å²) in [4.78, 5) is 13.0. The number of benzene rings is 2. The number of carbonyl (C=O) groups excluding carboxylic acids is 1. The third-order valence-electron chi connectivity index (χ3n) is 5.76. The van der Waals surface area contributed by atoms with Crippen LogP contribution in [0.3, 0.4) is 0 Å². The second kappa shape index (κ2) is 11.2. The molecule has 31 heavy (non-hydrogen) atoms. The zero-order valence-electron chi connectivity index (χ0n) is 18.0. The van der Waals surface area contributed by atoms with Crippen molar-refractivity contribution in [2.45, 2.75) is 69.2 Å². The summed E-state index contributed by atoms with van der Waals surface area (Å²) >= 11 is 3.35. The summed E-state index contributed by atoms with van der Waals surface area (Å²) in [6.45, 7) is 1.98. The molecule has 0 heterocycles. The molecule has 1 amide bonds. The molecule has 3 rings (SSSR count). The van der Waals surface area contributed by atoms with Crippen molar-refractivity contribution in [3.63, 3.8) is 0 Å². The first-order valence-electron chi connectivity index (χ1n) is 11.1. The van der Waals surface area contributed by atoms with Gasteiger partial charge in [0.05, 0.1) is 11.4 Å². The number of unbranched alkanes of at least 4 members (excludes halogenated alkanes) is 1. The van der Waals surface area contributed by atoms with Gasteiger partial charge in [0.25, 0.3) is 0 Å². The van der Waals surface area contributed by atoms with Gasteiger partial charge in [-0.15, -0.1) is 0 Å². The molecule has 2 aromatic rings. The van der Waals surface area contributed by atoms with Crippen LogP contribution in [0.25, 0.3) is 0 Å². The van der Waals surface area contributed by atoms with Crippen LogP contribution in [-0.4, -0.2) is 31.2 Å². The van der Waals surface area contributed by atoms with E-state index < -0.39 is 10.0 Å². The third-order valence-corrected chi connectivity index (χ3v) is 8.20. The normalized spacial score (nSPS) is 15.2. The Morgan fingerprint density at radius 2 is 1.68 bits per heavy atom. The maximum absolute atomic E-state index is 13.4. The van der Waals surface area contributed by atoms with Gasteiger partial charge in [-0.2, -0.15) is 4.31 Å². The molecule has 2 aromatic carbocycles. The molecule has 0 saturated heterocycles. The highest BCUT2D eigenvalue weighted by Crippen LogP contribution is 2.28. The Hall–Kier alpha value is -1.70. The van der Waals surface area contributed by atoms with Crippen molar-refractivity contribution in [2.24, 2.45) is 0 Å². The monoisotopic (exact) mass is 506 g/mol. The predicted octanol–water partition coefficient (Wildman–Crippen LogP) is 5.75. The Kier molecular flexibility index (Phi) is 8.69. The zero-order chi connectivity index (χ0) is 22.3. The molecule has 0 bridgehead atoms. The summed E-state index contributed by atoms with van der Waals surface area (Å²) in [5.74, 6) is -0.312. The van der Waals surface area contributed by atoms with E-state index in [0.717, 1.165) is 55.8 Å². The quantitative estimate of drug-likeness (QED) is 0.470. The van der Waals surface area contributed by atoms with Crippen LogP contribution in [-0.2, 0) is 21.2 Å². The van der Waals surface area contributed by atoms with E-state index in [4.69, 9.17) is 0 Å². The van der Waals surface area contributed by atoms with Crippen LogP contribution < -0.4 is 5.32 Å². The fourth-order valence-electron chi connectivity index (χ4n) is 4.00. The molecule has 1 fully saturated rings. The van der Waals surface area contributed by atoms with E-state index in [9.17, 15) is 13.2 Å². The van der Waals surface area contributed by atoms with E-state index in [-0.39, 0.29) is 23.4 Å². The largest absolute Gasteiger partial charge is 0.325 e. The summed E-state index contributed by atoms with van der Waals surface area (Å²) in [6, 6.07) is 14.3. The highest BCUT2D eigenvalue weighted by Gasteiger charge is 2.34. The summed E-state index contributed by atoms with van der Waals surface area (Å²) in [5.41, 5.74) is 1.93. The smallest absolute Gasteiger partial charge is 0.243 e. The third kappa shape index (κ3) is 6.64. The first kappa shape index (κ1) is 24.0. The fraction of sp³-hybridized carbons (Fsp3) is 0.458. The Morgan fingerprint density at radius 1 is 1.03 bits per heavy atom. The van der Waals surface area contributed by atoms with E-state index in [0.29, 0.717) is 5.69 Å². The Morgan fingerprint density at radius 3 is 2.29 bits per heavy atom. The number of hydrogen-bond donors (Lipinski definition) is 1. The van der Waals surface area contributed by atoms with Crippen LogP contribution in [0.4, 0.5) is 5.69 Å². The average molecular weight is 507 g/mol. The van der Waals surface area contributed by atoms with Gasteiger partial charge in [-0.05, 0) is 67.6 Å². The van der Waals surface area contributed by atoms with Gasteiger partial charge in [0, 0.05) is 16.2 Å². The summed E-state index contributed by atoms with van der Waals surface area (Å²) < 4.78 is 29.0. The number of amides is 1. The molecule has 1 aliphatic carbocycles. The minimum absolute atomic E-state index is 0.149. The molecule has 5 nitrogen and oxygen atoms in total. The lowest BCUT2D eigenvalue weighted by Crippen LogP contribution is -2.45. The Balaban J connectivity index is 1.75. The van der Waals surface area contributed by atoms with Crippen LogP contribution in [0.15, 0.2) is 57.9 Å². The second-order valence-corrected chi connectivity index (χ2v) is 11.0. The van der Waals surface area contributed by atoms with E-state index >= 15 is 0 Å². The van der Waals surface area contributed by atoms with Crippen LogP contribution in [0.2, 0.25) is 0 Å². The molecule has 168 valence electrons. The lowest BCUT2D eigenvalue weighted by atomic mass is 9.95. The molecule has 1 aliphatic rings.